The van der Waals surface area contributed by atoms with Crippen molar-refractivity contribution >= 4 is 11.7 Å². The third kappa shape index (κ3) is 3.07. The van der Waals surface area contributed by atoms with E-state index in [0.29, 0.717) is 5.69 Å². The van der Waals surface area contributed by atoms with Crippen LogP contribution in [0.15, 0.2) is 36.5 Å². The van der Waals surface area contributed by atoms with Gasteiger partial charge in [-0.15, -0.1) is 0 Å². The van der Waals surface area contributed by atoms with Crippen LogP contribution in [0.4, 0.5) is 10.1 Å². The number of rotatable bonds is 4. The van der Waals surface area contributed by atoms with E-state index in [1.165, 1.54) is 18.2 Å². The summed E-state index contributed by atoms with van der Waals surface area (Å²) in [5, 5.41) is 12.1. The molecule has 0 spiro atoms. The number of pyridine rings is 1. The highest BCUT2D eigenvalue weighted by molar-refractivity contribution is 5.88. The minimum absolute atomic E-state index is 0.162. The van der Waals surface area contributed by atoms with Crippen molar-refractivity contribution in [3.05, 3.63) is 59.2 Å². The standard InChI is InChI=1S/C14H13FN2O2/c1-9-7-10(15)4-5-12(9)17-8-13-11(14(18)19)3-2-6-16-13/h2-7,17H,8H2,1H3,(H,18,19). The third-order valence-corrected chi connectivity index (χ3v) is 2.76. The summed E-state index contributed by atoms with van der Waals surface area (Å²) >= 11 is 0. The molecule has 98 valence electrons. The first-order valence-electron chi connectivity index (χ1n) is 5.75. The van der Waals surface area contributed by atoms with Crippen molar-refractivity contribution in [3.63, 3.8) is 0 Å². The number of hydrogen-bond donors (Lipinski definition) is 2. The van der Waals surface area contributed by atoms with Crippen LogP contribution < -0.4 is 5.32 Å². The Kier molecular flexibility index (Phi) is 3.75. The van der Waals surface area contributed by atoms with Crippen LogP contribution in [0.1, 0.15) is 21.6 Å². The second-order valence-electron chi connectivity index (χ2n) is 4.12. The number of aromatic nitrogens is 1. The second kappa shape index (κ2) is 5.48. The summed E-state index contributed by atoms with van der Waals surface area (Å²) in [7, 11) is 0. The molecule has 0 aliphatic rings. The molecule has 2 N–H and O–H groups in total. The highest BCUT2D eigenvalue weighted by atomic mass is 19.1. The van der Waals surface area contributed by atoms with Gasteiger partial charge in [0.05, 0.1) is 17.8 Å². The molecular formula is C14H13FN2O2. The van der Waals surface area contributed by atoms with Crippen LogP contribution >= 0.6 is 0 Å². The smallest absolute Gasteiger partial charge is 0.337 e. The van der Waals surface area contributed by atoms with Crippen LogP contribution in [0.25, 0.3) is 0 Å². The lowest BCUT2D eigenvalue weighted by atomic mass is 10.1. The number of halogens is 1. The first kappa shape index (κ1) is 13.0. The molecule has 0 bridgehead atoms. The summed E-state index contributed by atoms with van der Waals surface area (Å²) in [6, 6.07) is 7.47. The fraction of sp³-hybridized carbons (Fsp3) is 0.143. The molecule has 2 rings (SSSR count). The third-order valence-electron chi connectivity index (χ3n) is 2.76. The van der Waals surface area contributed by atoms with E-state index in [0.717, 1.165) is 11.3 Å². The summed E-state index contributed by atoms with van der Waals surface area (Å²) < 4.78 is 13.0. The van der Waals surface area contributed by atoms with Gasteiger partial charge in [-0.05, 0) is 42.8 Å². The van der Waals surface area contributed by atoms with Crippen molar-refractivity contribution in [1.29, 1.82) is 0 Å². The molecule has 0 fully saturated rings. The van der Waals surface area contributed by atoms with E-state index >= 15 is 0 Å². The number of anilines is 1. The molecule has 0 atom stereocenters. The van der Waals surface area contributed by atoms with Crippen molar-refractivity contribution in [2.75, 3.05) is 5.32 Å². The number of aromatic carboxylic acids is 1. The molecule has 0 saturated carbocycles. The SMILES string of the molecule is Cc1cc(F)ccc1NCc1ncccc1C(=O)O. The largest absolute Gasteiger partial charge is 0.478 e. The first-order valence-corrected chi connectivity index (χ1v) is 5.75. The minimum atomic E-state index is -1.01. The lowest BCUT2D eigenvalue weighted by Crippen LogP contribution is -2.09. The van der Waals surface area contributed by atoms with Crippen LogP contribution in [0.2, 0.25) is 0 Å². The van der Waals surface area contributed by atoms with E-state index in [1.54, 1.807) is 25.3 Å². The molecule has 1 heterocycles. The second-order valence-corrected chi connectivity index (χ2v) is 4.12. The quantitative estimate of drug-likeness (QED) is 0.887. The Morgan fingerprint density at radius 1 is 1.42 bits per heavy atom. The molecule has 19 heavy (non-hydrogen) atoms. The summed E-state index contributed by atoms with van der Waals surface area (Å²) in [6.07, 6.45) is 1.54. The predicted octanol–water partition coefficient (Wildman–Crippen LogP) is 2.84. The Bertz CT molecular complexity index is 614. The van der Waals surface area contributed by atoms with Crippen molar-refractivity contribution < 1.29 is 14.3 Å². The summed E-state index contributed by atoms with van der Waals surface area (Å²) in [5.74, 6) is -1.31. The topological polar surface area (TPSA) is 62.2 Å². The van der Waals surface area contributed by atoms with Crippen LogP contribution in [0, 0.1) is 12.7 Å². The van der Waals surface area contributed by atoms with Crippen molar-refractivity contribution in [2.24, 2.45) is 0 Å². The first-order chi connectivity index (χ1) is 9.08. The Morgan fingerprint density at radius 3 is 2.89 bits per heavy atom. The minimum Gasteiger partial charge on any atom is -0.478 e. The van der Waals surface area contributed by atoms with E-state index in [9.17, 15) is 9.18 Å². The van der Waals surface area contributed by atoms with Gasteiger partial charge in [0.2, 0.25) is 0 Å². The normalized spacial score (nSPS) is 10.2. The number of nitrogens with zero attached hydrogens (tertiary/aromatic N) is 1. The van der Waals surface area contributed by atoms with Gasteiger partial charge in [0, 0.05) is 11.9 Å². The van der Waals surface area contributed by atoms with Gasteiger partial charge in [-0.25, -0.2) is 9.18 Å². The Morgan fingerprint density at radius 2 is 2.21 bits per heavy atom. The lowest BCUT2D eigenvalue weighted by Gasteiger charge is -2.10. The van der Waals surface area contributed by atoms with Crippen molar-refractivity contribution in [3.8, 4) is 0 Å². The molecule has 1 aromatic heterocycles. The molecule has 0 aliphatic carbocycles. The Labute approximate surface area is 109 Å². The number of carboxylic acid groups (broad SMARTS) is 1. The Hall–Kier alpha value is -2.43. The molecule has 0 radical (unpaired) electrons. The number of carbonyl (C=O) groups is 1. The van der Waals surface area contributed by atoms with E-state index in [4.69, 9.17) is 5.11 Å². The van der Waals surface area contributed by atoms with Crippen molar-refractivity contribution in [1.82, 2.24) is 4.98 Å². The molecule has 0 saturated heterocycles. The van der Waals surface area contributed by atoms with Gasteiger partial charge < -0.3 is 10.4 Å². The van der Waals surface area contributed by atoms with Gasteiger partial charge in [-0.3, -0.25) is 4.98 Å². The van der Waals surface area contributed by atoms with E-state index in [1.807, 2.05) is 0 Å². The van der Waals surface area contributed by atoms with E-state index < -0.39 is 5.97 Å². The van der Waals surface area contributed by atoms with Gasteiger partial charge >= 0.3 is 5.97 Å². The summed E-state index contributed by atoms with van der Waals surface area (Å²) in [4.78, 5) is 15.1. The lowest BCUT2D eigenvalue weighted by molar-refractivity contribution is 0.0695. The molecule has 0 unspecified atom stereocenters. The molecule has 1 aromatic carbocycles. The predicted molar refractivity (Wildman–Crippen MR) is 69.7 cm³/mol. The van der Waals surface area contributed by atoms with Gasteiger partial charge in [0.25, 0.3) is 0 Å². The maximum absolute atomic E-state index is 13.0. The average molecular weight is 260 g/mol. The average Bonchev–Trinajstić information content (AvgIpc) is 2.38. The van der Waals surface area contributed by atoms with Gasteiger partial charge in [0.1, 0.15) is 5.82 Å². The summed E-state index contributed by atoms with van der Waals surface area (Å²) in [5.41, 5.74) is 2.12. The van der Waals surface area contributed by atoms with Crippen molar-refractivity contribution in [2.45, 2.75) is 13.5 Å². The van der Waals surface area contributed by atoms with Gasteiger partial charge in [-0.1, -0.05) is 0 Å². The fourth-order valence-corrected chi connectivity index (χ4v) is 1.78. The zero-order valence-corrected chi connectivity index (χ0v) is 10.4. The van der Waals surface area contributed by atoms with E-state index in [2.05, 4.69) is 10.3 Å². The van der Waals surface area contributed by atoms with Crippen LogP contribution in [0.3, 0.4) is 0 Å². The molecule has 2 aromatic rings. The number of aryl methyl sites for hydroxylation is 1. The fourth-order valence-electron chi connectivity index (χ4n) is 1.78. The number of carboxylic acids is 1. The van der Waals surface area contributed by atoms with Crippen LogP contribution in [0.5, 0.6) is 0 Å². The number of nitrogens with one attached hydrogen (secondary N) is 1. The molecule has 0 aliphatic heterocycles. The molecule has 4 nitrogen and oxygen atoms in total. The van der Waals surface area contributed by atoms with Crippen LogP contribution in [-0.4, -0.2) is 16.1 Å². The van der Waals surface area contributed by atoms with Gasteiger partial charge in [-0.2, -0.15) is 0 Å². The zero-order valence-electron chi connectivity index (χ0n) is 10.4. The number of hydrogen-bond acceptors (Lipinski definition) is 3. The monoisotopic (exact) mass is 260 g/mol. The zero-order chi connectivity index (χ0) is 13.8. The number of benzene rings is 1. The van der Waals surface area contributed by atoms with E-state index in [-0.39, 0.29) is 17.9 Å². The highest BCUT2D eigenvalue weighted by Gasteiger charge is 2.10. The maximum atomic E-state index is 13.0. The molecule has 5 heteroatoms. The highest BCUT2D eigenvalue weighted by Crippen LogP contribution is 2.17. The Balaban J connectivity index is 2.17. The molecular weight excluding hydrogens is 247 g/mol. The van der Waals surface area contributed by atoms with Gasteiger partial charge in [0.15, 0.2) is 0 Å². The molecule has 0 amide bonds. The summed E-state index contributed by atoms with van der Waals surface area (Å²) in [6.45, 7) is 2.05. The maximum Gasteiger partial charge on any atom is 0.337 e. The van der Waals surface area contributed by atoms with Crippen LogP contribution in [-0.2, 0) is 6.54 Å².